The van der Waals surface area contributed by atoms with E-state index in [1.807, 2.05) is 0 Å². The summed E-state index contributed by atoms with van der Waals surface area (Å²) >= 11 is 0. The number of hydrogen-bond donors (Lipinski definition) is 2. The molecule has 0 aliphatic heterocycles. The molecule has 4 nitrogen and oxygen atoms in total. The molecule has 84 valence electrons. The number of nitrogens with zero attached hydrogens (tertiary/aromatic N) is 2. The number of aromatic nitrogens is 3. The van der Waals surface area contributed by atoms with Gasteiger partial charge in [0.15, 0.2) is 0 Å². The molecule has 0 saturated carbocycles. The number of benzene rings is 1. The van der Waals surface area contributed by atoms with Gasteiger partial charge in [-0.3, -0.25) is 0 Å². The Kier molecular flexibility index (Phi) is 2.91. The number of hydrogen-bond acceptors (Lipinski definition) is 3. The highest BCUT2D eigenvalue weighted by Gasteiger charge is 2.18. The number of halogens is 2. The van der Waals surface area contributed by atoms with Gasteiger partial charge in [0.05, 0.1) is 12.2 Å². The summed E-state index contributed by atoms with van der Waals surface area (Å²) in [7, 11) is 1.64. The molecule has 1 aromatic carbocycles. The van der Waals surface area contributed by atoms with Gasteiger partial charge < -0.3 is 5.32 Å². The first-order valence-electron chi connectivity index (χ1n) is 4.70. The predicted molar refractivity (Wildman–Crippen MR) is 53.6 cm³/mol. The average molecular weight is 224 g/mol. The van der Waals surface area contributed by atoms with Gasteiger partial charge >= 0.3 is 0 Å². The zero-order valence-electron chi connectivity index (χ0n) is 8.54. The molecule has 0 saturated heterocycles. The van der Waals surface area contributed by atoms with Gasteiger partial charge in [0.1, 0.15) is 17.3 Å². The number of rotatable bonds is 3. The summed E-state index contributed by atoms with van der Waals surface area (Å²) in [6.45, 7) is 0. The van der Waals surface area contributed by atoms with Crippen molar-refractivity contribution in [2.24, 2.45) is 0 Å². The Morgan fingerprint density at radius 3 is 2.81 bits per heavy atom. The molecule has 1 heterocycles. The van der Waals surface area contributed by atoms with Gasteiger partial charge in [-0.1, -0.05) is 0 Å². The van der Waals surface area contributed by atoms with Crippen LogP contribution in [0, 0.1) is 11.6 Å². The minimum atomic E-state index is -0.519. The van der Waals surface area contributed by atoms with Crippen LogP contribution in [0.5, 0.6) is 0 Å². The van der Waals surface area contributed by atoms with Gasteiger partial charge in [0.2, 0.25) is 0 Å². The van der Waals surface area contributed by atoms with E-state index in [0.717, 1.165) is 18.2 Å². The molecule has 1 atom stereocenters. The molecule has 0 amide bonds. The third kappa shape index (κ3) is 1.92. The molecule has 2 aromatic rings. The van der Waals surface area contributed by atoms with Gasteiger partial charge in [0, 0.05) is 5.56 Å². The Morgan fingerprint density at radius 2 is 2.19 bits per heavy atom. The van der Waals surface area contributed by atoms with Crippen LogP contribution < -0.4 is 5.32 Å². The first kappa shape index (κ1) is 10.7. The van der Waals surface area contributed by atoms with Crippen LogP contribution in [0.15, 0.2) is 24.4 Å². The van der Waals surface area contributed by atoms with E-state index >= 15 is 0 Å². The quantitative estimate of drug-likeness (QED) is 0.828. The second-order valence-corrected chi connectivity index (χ2v) is 3.28. The highest BCUT2D eigenvalue weighted by Crippen LogP contribution is 2.22. The zero-order chi connectivity index (χ0) is 11.5. The van der Waals surface area contributed by atoms with Crippen LogP contribution in [0.1, 0.15) is 17.3 Å². The Labute approximate surface area is 90.7 Å². The Hall–Kier alpha value is -1.82. The molecule has 6 heteroatoms. The zero-order valence-corrected chi connectivity index (χ0v) is 8.54. The summed E-state index contributed by atoms with van der Waals surface area (Å²) < 4.78 is 26.6. The summed E-state index contributed by atoms with van der Waals surface area (Å²) in [5.41, 5.74) is 0.711. The molecule has 2 N–H and O–H groups in total. The van der Waals surface area contributed by atoms with Crippen molar-refractivity contribution in [3.8, 4) is 0 Å². The molecule has 0 bridgehead atoms. The molecule has 0 fully saturated rings. The predicted octanol–water partition coefficient (Wildman–Crippen LogP) is 1.39. The van der Waals surface area contributed by atoms with Crippen LogP contribution in [0.25, 0.3) is 0 Å². The fraction of sp³-hybridized carbons (Fsp3) is 0.200. The van der Waals surface area contributed by atoms with Crippen molar-refractivity contribution in [1.29, 1.82) is 0 Å². The van der Waals surface area contributed by atoms with Crippen molar-refractivity contribution >= 4 is 0 Å². The smallest absolute Gasteiger partial charge is 0.128 e. The highest BCUT2D eigenvalue weighted by atomic mass is 19.1. The van der Waals surface area contributed by atoms with Gasteiger partial charge in [-0.15, -0.1) is 0 Å². The van der Waals surface area contributed by atoms with E-state index < -0.39 is 17.7 Å². The highest BCUT2D eigenvalue weighted by molar-refractivity contribution is 5.28. The van der Waals surface area contributed by atoms with E-state index in [-0.39, 0.29) is 5.56 Å². The van der Waals surface area contributed by atoms with E-state index in [1.54, 1.807) is 7.05 Å². The van der Waals surface area contributed by atoms with Crippen LogP contribution in [0.3, 0.4) is 0 Å². The van der Waals surface area contributed by atoms with Crippen molar-refractivity contribution in [3.05, 3.63) is 47.3 Å². The molecular weight excluding hydrogens is 214 g/mol. The molecule has 0 aliphatic rings. The monoisotopic (exact) mass is 224 g/mol. The molecule has 1 aromatic heterocycles. The van der Waals surface area contributed by atoms with Crippen LogP contribution in [0.4, 0.5) is 8.78 Å². The second kappa shape index (κ2) is 4.36. The minimum absolute atomic E-state index is 0.205. The van der Waals surface area contributed by atoms with Gasteiger partial charge in [-0.25, -0.2) is 8.78 Å². The average Bonchev–Trinajstić information content (AvgIpc) is 2.78. The number of nitrogens with one attached hydrogen (secondary N) is 2. The molecule has 0 aliphatic carbocycles. The number of H-pyrrole nitrogens is 1. The topological polar surface area (TPSA) is 53.6 Å². The fourth-order valence-electron chi connectivity index (χ4n) is 1.55. The van der Waals surface area contributed by atoms with E-state index in [0.29, 0.717) is 5.69 Å². The molecule has 2 rings (SSSR count). The Bertz CT molecular complexity index is 470. The molecule has 0 radical (unpaired) electrons. The maximum Gasteiger partial charge on any atom is 0.128 e. The lowest BCUT2D eigenvalue weighted by molar-refractivity contribution is 0.553. The summed E-state index contributed by atoms with van der Waals surface area (Å²) in [6.07, 6.45) is 1.46. The third-order valence-electron chi connectivity index (χ3n) is 2.29. The van der Waals surface area contributed by atoms with E-state index in [9.17, 15) is 8.78 Å². The van der Waals surface area contributed by atoms with Crippen LogP contribution in [-0.4, -0.2) is 22.5 Å². The maximum absolute atomic E-state index is 13.5. The van der Waals surface area contributed by atoms with Crippen molar-refractivity contribution in [3.63, 3.8) is 0 Å². The summed E-state index contributed by atoms with van der Waals surface area (Å²) in [6, 6.07) is 2.80. The second-order valence-electron chi connectivity index (χ2n) is 3.28. The number of aromatic amines is 1. The van der Waals surface area contributed by atoms with Gasteiger partial charge in [0.25, 0.3) is 0 Å². The van der Waals surface area contributed by atoms with Crippen molar-refractivity contribution in [2.75, 3.05) is 7.05 Å². The SMILES string of the molecule is CNC(c1cn[nH]n1)c1cc(F)ccc1F. The summed E-state index contributed by atoms with van der Waals surface area (Å²) in [4.78, 5) is 0. The Morgan fingerprint density at radius 1 is 1.38 bits per heavy atom. The molecule has 0 spiro atoms. The van der Waals surface area contributed by atoms with Crippen molar-refractivity contribution < 1.29 is 8.78 Å². The minimum Gasteiger partial charge on any atom is -0.308 e. The van der Waals surface area contributed by atoms with Crippen molar-refractivity contribution in [2.45, 2.75) is 6.04 Å². The largest absolute Gasteiger partial charge is 0.308 e. The first-order chi connectivity index (χ1) is 7.72. The maximum atomic E-state index is 13.5. The fourth-order valence-corrected chi connectivity index (χ4v) is 1.55. The molecule has 16 heavy (non-hydrogen) atoms. The standard InChI is InChI=1S/C10H10F2N4/c1-13-10(9-5-14-16-15-9)7-4-6(11)2-3-8(7)12/h2-5,10,13H,1H3,(H,14,15,16). The lowest BCUT2D eigenvalue weighted by atomic mass is 10.0. The summed E-state index contributed by atoms with van der Waals surface area (Å²) in [5, 5.41) is 12.8. The van der Waals surface area contributed by atoms with Crippen LogP contribution in [-0.2, 0) is 0 Å². The lowest BCUT2D eigenvalue weighted by Gasteiger charge is -2.14. The first-order valence-corrected chi connectivity index (χ1v) is 4.70. The summed E-state index contributed by atoms with van der Waals surface area (Å²) in [5.74, 6) is -0.969. The third-order valence-corrected chi connectivity index (χ3v) is 2.29. The van der Waals surface area contributed by atoms with E-state index in [1.165, 1.54) is 6.20 Å². The van der Waals surface area contributed by atoms with Gasteiger partial charge in [-0.2, -0.15) is 15.4 Å². The van der Waals surface area contributed by atoms with Crippen LogP contribution in [0.2, 0.25) is 0 Å². The van der Waals surface area contributed by atoms with Crippen LogP contribution >= 0.6 is 0 Å². The lowest BCUT2D eigenvalue weighted by Crippen LogP contribution is -2.19. The molecular formula is C10H10F2N4. The van der Waals surface area contributed by atoms with E-state index in [4.69, 9.17) is 0 Å². The van der Waals surface area contributed by atoms with E-state index in [2.05, 4.69) is 20.7 Å². The van der Waals surface area contributed by atoms with Crippen molar-refractivity contribution in [1.82, 2.24) is 20.7 Å². The Balaban J connectivity index is 2.44. The molecule has 1 unspecified atom stereocenters. The van der Waals surface area contributed by atoms with Gasteiger partial charge in [-0.05, 0) is 25.2 Å². The normalized spacial score (nSPS) is 12.7.